The van der Waals surface area contributed by atoms with Crippen LogP contribution in [0, 0.1) is 28.8 Å². The number of halogens is 6. The van der Waals surface area contributed by atoms with Crippen molar-refractivity contribution in [3.8, 4) is 6.07 Å². The second-order valence-corrected chi connectivity index (χ2v) is 7.21. The third kappa shape index (κ3) is 4.21. The summed E-state index contributed by atoms with van der Waals surface area (Å²) in [6.07, 6.45) is -5.61. The summed E-state index contributed by atoms with van der Waals surface area (Å²) in [7, 11) is 1.77. The molecular weight excluding hydrogens is 496 g/mol. The van der Waals surface area contributed by atoms with E-state index >= 15 is 0 Å². The zero-order valence-electron chi connectivity index (χ0n) is 18.4. The van der Waals surface area contributed by atoms with Gasteiger partial charge in [0.1, 0.15) is 22.9 Å². The molecule has 1 atom stereocenters. The highest BCUT2D eigenvalue weighted by Crippen LogP contribution is 2.45. The molecule has 0 bridgehead atoms. The SMILES string of the molecule is COC(=O)C1=C(C(=O)OC)N(c2cc(F)c(C(F)(F)F)c(F)c2F)C(N)=C(C#N)C1c1ccccc1. The van der Waals surface area contributed by atoms with E-state index in [1.807, 2.05) is 0 Å². The van der Waals surface area contributed by atoms with Crippen molar-refractivity contribution in [2.45, 2.75) is 12.1 Å². The van der Waals surface area contributed by atoms with Crippen LogP contribution in [0.1, 0.15) is 17.0 Å². The number of methoxy groups -OCH3 is 2. The van der Waals surface area contributed by atoms with Crippen molar-refractivity contribution in [2.24, 2.45) is 5.73 Å². The Balaban J connectivity index is 2.49. The van der Waals surface area contributed by atoms with Gasteiger partial charge < -0.3 is 15.2 Å². The normalized spacial score (nSPS) is 16.1. The summed E-state index contributed by atoms with van der Waals surface area (Å²) in [4.78, 5) is 25.9. The average molecular weight is 511 g/mol. The number of hydrogen-bond donors (Lipinski definition) is 1. The first-order valence-corrected chi connectivity index (χ1v) is 9.80. The second kappa shape index (κ2) is 9.65. The van der Waals surface area contributed by atoms with Gasteiger partial charge in [0, 0.05) is 6.07 Å². The number of nitriles is 1. The highest BCUT2D eigenvalue weighted by atomic mass is 19.4. The first-order valence-electron chi connectivity index (χ1n) is 9.80. The van der Waals surface area contributed by atoms with Crippen LogP contribution in [0.15, 0.2) is 59.1 Å². The predicted octanol–water partition coefficient (Wildman–Crippen LogP) is 4.02. The van der Waals surface area contributed by atoms with Crippen molar-refractivity contribution in [3.63, 3.8) is 0 Å². The molecule has 2 N–H and O–H groups in total. The average Bonchev–Trinajstić information content (AvgIpc) is 2.84. The van der Waals surface area contributed by atoms with Gasteiger partial charge >= 0.3 is 18.1 Å². The van der Waals surface area contributed by atoms with Gasteiger partial charge in [-0.15, -0.1) is 0 Å². The summed E-state index contributed by atoms with van der Waals surface area (Å²) in [6, 6.07) is 9.21. The largest absolute Gasteiger partial charge is 0.466 e. The number of anilines is 1. The number of carbonyl (C=O) groups excluding carboxylic acids is 2. The van der Waals surface area contributed by atoms with E-state index in [-0.39, 0.29) is 16.5 Å². The zero-order valence-corrected chi connectivity index (χ0v) is 18.4. The van der Waals surface area contributed by atoms with Gasteiger partial charge in [-0.25, -0.2) is 22.8 Å². The molecule has 1 aliphatic heterocycles. The number of esters is 2. The van der Waals surface area contributed by atoms with E-state index in [0.717, 1.165) is 14.2 Å². The maximum atomic E-state index is 15.0. The molecule has 36 heavy (non-hydrogen) atoms. The van der Waals surface area contributed by atoms with E-state index in [1.165, 1.54) is 24.3 Å². The molecule has 13 heteroatoms. The van der Waals surface area contributed by atoms with Gasteiger partial charge in [0.25, 0.3) is 0 Å². The topological polar surface area (TPSA) is 106 Å². The molecule has 1 unspecified atom stereocenters. The summed E-state index contributed by atoms with van der Waals surface area (Å²) in [6.45, 7) is 0. The lowest BCUT2D eigenvalue weighted by Gasteiger charge is -2.36. The van der Waals surface area contributed by atoms with Crippen LogP contribution < -0.4 is 10.6 Å². The van der Waals surface area contributed by atoms with Crippen LogP contribution in [0.2, 0.25) is 0 Å². The Bertz CT molecular complexity index is 1350. The highest BCUT2D eigenvalue weighted by Gasteiger charge is 2.46. The first-order chi connectivity index (χ1) is 16.9. The molecule has 0 radical (unpaired) electrons. The standard InChI is InChI=1S/C23H15F6N3O4/c1-35-21(33)15-14(10-6-4-3-5-7-10)11(9-30)20(31)32(19(15)22(34)36-2)13-8-12(24)16(23(27,28)29)18(26)17(13)25/h3-8,14H,31H2,1-2H3. The van der Waals surface area contributed by atoms with Crippen LogP contribution in [0.3, 0.4) is 0 Å². The molecule has 0 amide bonds. The summed E-state index contributed by atoms with van der Waals surface area (Å²) in [5, 5.41) is 9.85. The molecule has 0 spiro atoms. The number of alkyl halides is 3. The number of nitrogens with two attached hydrogens (primary N) is 1. The van der Waals surface area contributed by atoms with Gasteiger partial charge in [-0.1, -0.05) is 30.3 Å². The lowest BCUT2D eigenvalue weighted by molar-refractivity contribution is -0.143. The van der Waals surface area contributed by atoms with E-state index in [0.29, 0.717) is 0 Å². The maximum absolute atomic E-state index is 15.0. The van der Waals surface area contributed by atoms with Gasteiger partial charge in [-0.3, -0.25) is 4.90 Å². The van der Waals surface area contributed by atoms with Gasteiger partial charge in [-0.2, -0.15) is 18.4 Å². The van der Waals surface area contributed by atoms with Gasteiger partial charge in [0.05, 0.1) is 43.0 Å². The minimum Gasteiger partial charge on any atom is -0.466 e. The summed E-state index contributed by atoms with van der Waals surface area (Å²) < 4.78 is 92.5. The van der Waals surface area contributed by atoms with Crippen molar-refractivity contribution < 1.29 is 45.4 Å². The lowest BCUT2D eigenvalue weighted by atomic mass is 9.81. The van der Waals surface area contributed by atoms with Gasteiger partial charge in [0.15, 0.2) is 11.6 Å². The molecule has 0 saturated heterocycles. The molecule has 0 saturated carbocycles. The van der Waals surface area contributed by atoms with Crippen LogP contribution in [0.25, 0.3) is 0 Å². The van der Waals surface area contributed by atoms with E-state index in [1.54, 1.807) is 12.1 Å². The molecule has 1 aliphatic rings. The molecule has 0 aromatic heterocycles. The van der Waals surface area contributed by atoms with E-state index < -0.39 is 75.4 Å². The van der Waals surface area contributed by atoms with Crippen molar-refractivity contribution >= 4 is 17.6 Å². The van der Waals surface area contributed by atoms with E-state index in [2.05, 4.69) is 4.74 Å². The van der Waals surface area contributed by atoms with Crippen molar-refractivity contribution in [3.05, 3.63) is 87.6 Å². The molecule has 0 aliphatic carbocycles. The Morgan fingerprint density at radius 3 is 2.11 bits per heavy atom. The molecule has 3 rings (SSSR count). The Kier molecular flexibility index (Phi) is 7.01. The van der Waals surface area contributed by atoms with Crippen LogP contribution >= 0.6 is 0 Å². The number of benzene rings is 2. The first kappa shape index (κ1) is 26.1. The third-order valence-corrected chi connectivity index (χ3v) is 5.27. The molecule has 2 aromatic rings. The highest BCUT2D eigenvalue weighted by molar-refractivity contribution is 6.06. The van der Waals surface area contributed by atoms with E-state index in [4.69, 9.17) is 10.5 Å². The molecule has 0 fully saturated rings. The number of carbonyl (C=O) groups is 2. The minimum absolute atomic E-state index is 0.0657. The molecule has 2 aromatic carbocycles. The van der Waals surface area contributed by atoms with Gasteiger partial charge in [0.2, 0.25) is 0 Å². The molecule has 188 valence electrons. The Hall–Kier alpha value is -4.47. The predicted molar refractivity (Wildman–Crippen MR) is 111 cm³/mol. The summed E-state index contributed by atoms with van der Waals surface area (Å²) in [5.74, 6) is -11.9. The lowest BCUT2D eigenvalue weighted by Crippen LogP contribution is -2.41. The monoisotopic (exact) mass is 511 g/mol. The van der Waals surface area contributed by atoms with Crippen molar-refractivity contribution in [2.75, 3.05) is 19.1 Å². The molecule has 7 nitrogen and oxygen atoms in total. The smallest absolute Gasteiger partial charge is 0.422 e. The Morgan fingerprint density at radius 1 is 1.03 bits per heavy atom. The van der Waals surface area contributed by atoms with E-state index in [9.17, 15) is 41.2 Å². The zero-order chi connectivity index (χ0) is 26.9. The third-order valence-electron chi connectivity index (χ3n) is 5.27. The Morgan fingerprint density at radius 2 is 1.61 bits per heavy atom. The number of nitrogens with zero attached hydrogens (tertiary/aromatic N) is 2. The summed E-state index contributed by atoms with van der Waals surface area (Å²) >= 11 is 0. The molecule has 1 heterocycles. The van der Waals surface area contributed by atoms with Crippen LogP contribution in [0.5, 0.6) is 0 Å². The quantitative estimate of drug-likeness (QED) is 0.376. The fraction of sp³-hybridized carbons (Fsp3) is 0.174. The number of hydrogen-bond acceptors (Lipinski definition) is 7. The number of allylic oxidation sites excluding steroid dienone is 1. The van der Waals surface area contributed by atoms with Crippen LogP contribution in [-0.2, 0) is 25.2 Å². The fourth-order valence-corrected chi connectivity index (χ4v) is 3.77. The second-order valence-electron chi connectivity index (χ2n) is 7.21. The van der Waals surface area contributed by atoms with Crippen molar-refractivity contribution in [1.29, 1.82) is 5.26 Å². The number of ether oxygens (including phenoxy) is 2. The summed E-state index contributed by atoms with van der Waals surface area (Å²) in [5.41, 5.74) is 0.367. The Labute approximate surface area is 199 Å². The fourth-order valence-electron chi connectivity index (χ4n) is 3.77. The maximum Gasteiger partial charge on any atom is 0.422 e. The van der Waals surface area contributed by atoms with Crippen molar-refractivity contribution in [1.82, 2.24) is 0 Å². The van der Waals surface area contributed by atoms with Crippen LogP contribution in [-0.4, -0.2) is 26.2 Å². The number of rotatable bonds is 4. The van der Waals surface area contributed by atoms with Crippen LogP contribution in [0.4, 0.5) is 32.0 Å². The molecular formula is C23H15F6N3O4. The minimum atomic E-state index is -5.61. The van der Waals surface area contributed by atoms with Gasteiger partial charge in [-0.05, 0) is 5.56 Å².